The Labute approximate surface area is 89.1 Å². The van der Waals surface area contributed by atoms with Crippen LogP contribution in [0.5, 0.6) is 0 Å². The molecule has 0 spiro atoms. The zero-order valence-electron chi connectivity index (χ0n) is 8.38. The van der Waals surface area contributed by atoms with E-state index in [0.29, 0.717) is 5.56 Å². The summed E-state index contributed by atoms with van der Waals surface area (Å²) in [5.41, 5.74) is 0.0652. The van der Waals surface area contributed by atoms with E-state index in [-0.39, 0.29) is 11.5 Å². The number of rotatable bonds is 3. The van der Waals surface area contributed by atoms with Crippen LogP contribution < -0.4 is 0 Å². The van der Waals surface area contributed by atoms with Crippen LogP contribution in [0.15, 0.2) is 6.20 Å². The van der Waals surface area contributed by atoms with Crippen LogP contribution >= 0.6 is 0 Å². The summed E-state index contributed by atoms with van der Waals surface area (Å²) >= 11 is 0. The third-order valence-corrected chi connectivity index (χ3v) is 1.86. The summed E-state index contributed by atoms with van der Waals surface area (Å²) in [5.74, 6) is -1.38. The van der Waals surface area contributed by atoms with Crippen molar-refractivity contribution in [1.29, 1.82) is 0 Å². The van der Waals surface area contributed by atoms with E-state index in [1.165, 1.54) is 13.1 Å². The van der Waals surface area contributed by atoms with Crippen molar-refractivity contribution in [3.63, 3.8) is 0 Å². The van der Waals surface area contributed by atoms with Gasteiger partial charge in [-0.2, -0.15) is 13.2 Å². The van der Waals surface area contributed by atoms with Gasteiger partial charge in [-0.1, -0.05) is 0 Å². The number of nitrogens with zero attached hydrogens (tertiary/aromatic N) is 2. The highest BCUT2D eigenvalue weighted by molar-refractivity contribution is 5.86. The number of hydrogen-bond donors (Lipinski definition) is 1. The highest BCUT2D eigenvalue weighted by Crippen LogP contribution is 2.21. The third kappa shape index (κ3) is 3.48. The molecule has 0 saturated carbocycles. The zero-order chi connectivity index (χ0) is 12.3. The van der Waals surface area contributed by atoms with Gasteiger partial charge in [-0.15, -0.1) is 0 Å². The molecular weight excluding hydrogens is 225 g/mol. The highest BCUT2D eigenvalue weighted by atomic mass is 19.4. The van der Waals surface area contributed by atoms with Crippen molar-refractivity contribution in [2.75, 3.05) is 0 Å². The molecule has 1 aromatic rings. The van der Waals surface area contributed by atoms with Gasteiger partial charge in [-0.3, -0.25) is 0 Å². The van der Waals surface area contributed by atoms with E-state index in [1.807, 2.05) is 0 Å². The molecule has 0 radical (unpaired) electrons. The van der Waals surface area contributed by atoms with E-state index in [1.54, 1.807) is 0 Å². The van der Waals surface area contributed by atoms with Gasteiger partial charge in [-0.25, -0.2) is 14.8 Å². The second-order valence-corrected chi connectivity index (χ2v) is 3.24. The molecule has 0 aromatic carbocycles. The van der Waals surface area contributed by atoms with Gasteiger partial charge in [-0.05, 0) is 6.92 Å². The second-order valence-electron chi connectivity index (χ2n) is 3.24. The fraction of sp³-hybridized carbons (Fsp3) is 0.444. The molecule has 0 fully saturated rings. The number of aromatic carboxylic acids is 1. The van der Waals surface area contributed by atoms with E-state index < -0.39 is 25.0 Å². The lowest BCUT2D eigenvalue weighted by molar-refractivity contribution is -0.134. The van der Waals surface area contributed by atoms with E-state index >= 15 is 0 Å². The van der Waals surface area contributed by atoms with Crippen LogP contribution in [0.1, 0.15) is 28.3 Å². The van der Waals surface area contributed by atoms with Crippen molar-refractivity contribution in [1.82, 2.24) is 9.97 Å². The molecule has 7 heteroatoms. The summed E-state index contributed by atoms with van der Waals surface area (Å²) in [7, 11) is 0. The Hall–Kier alpha value is -1.66. The van der Waals surface area contributed by atoms with Crippen molar-refractivity contribution in [3.05, 3.63) is 23.3 Å². The van der Waals surface area contributed by atoms with Crippen LogP contribution in [0.25, 0.3) is 0 Å². The zero-order valence-corrected chi connectivity index (χ0v) is 8.38. The average molecular weight is 234 g/mol. The monoisotopic (exact) mass is 234 g/mol. The molecule has 1 heterocycles. The maximum absolute atomic E-state index is 11.9. The maximum Gasteiger partial charge on any atom is 0.389 e. The number of aryl methyl sites for hydroxylation is 2. The minimum absolute atomic E-state index is 0.111. The molecule has 1 aromatic heterocycles. The fourth-order valence-corrected chi connectivity index (χ4v) is 1.07. The van der Waals surface area contributed by atoms with Crippen molar-refractivity contribution in [2.45, 2.75) is 25.9 Å². The van der Waals surface area contributed by atoms with Crippen LogP contribution in [-0.2, 0) is 6.42 Å². The standard InChI is InChI=1S/C9H9F3N2O2/c1-5-4-13-6(2-3-9(10,11)12)14-7(5)8(15)16/h4H,2-3H2,1H3,(H,15,16). The summed E-state index contributed by atoms with van der Waals surface area (Å²) in [6, 6.07) is 0. The van der Waals surface area contributed by atoms with E-state index in [9.17, 15) is 18.0 Å². The molecule has 0 atom stereocenters. The Kier molecular flexibility index (Phi) is 3.46. The number of aromatic nitrogens is 2. The molecule has 0 saturated heterocycles. The van der Waals surface area contributed by atoms with E-state index in [0.717, 1.165) is 0 Å². The lowest BCUT2D eigenvalue weighted by atomic mass is 10.2. The molecule has 1 rings (SSSR count). The molecule has 4 nitrogen and oxygen atoms in total. The lowest BCUT2D eigenvalue weighted by Gasteiger charge is -2.06. The SMILES string of the molecule is Cc1cnc(CCC(F)(F)F)nc1C(=O)O. The molecule has 0 unspecified atom stereocenters. The summed E-state index contributed by atoms with van der Waals surface area (Å²) in [6.07, 6.45) is -4.56. The van der Waals surface area contributed by atoms with Crippen molar-refractivity contribution >= 4 is 5.97 Å². The lowest BCUT2D eigenvalue weighted by Crippen LogP contribution is -2.12. The second kappa shape index (κ2) is 4.46. The summed E-state index contributed by atoms with van der Waals surface area (Å²) in [4.78, 5) is 17.9. The summed E-state index contributed by atoms with van der Waals surface area (Å²) < 4.78 is 35.7. The quantitative estimate of drug-likeness (QED) is 0.868. The average Bonchev–Trinajstić information content (AvgIpc) is 2.14. The Morgan fingerprint density at radius 1 is 1.50 bits per heavy atom. The van der Waals surface area contributed by atoms with Gasteiger partial charge in [0.25, 0.3) is 0 Å². The van der Waals surface area contributed by atoms with Crippen molar-refractivity contribution in [3.8, 4) is 0 Å². The van der Waals surface area contributed by atoms with Crippen LogP contribution in [0.4, 0.5) is 13.2 Å². The molecular formula is C9H9F3N2O2. The Balaban J connectivity index is 2.83. The molecule has 0 amide bonds. The molecule has 0 aliphatic carbocycles. The van der Waals surface area contributed by atoms with Gasteiger partial charge in [0.2, 0.25) is 0 Å². The first kappa shape index (κ1) is 12.4. The Bertz CT molecular complexity index is 404. The molecule has 1 N–H and O–H groups in total. The number of carbonyl (C=O) groups is 1. The minimum atomic E-state index is -4.29. The van der Waals surface area contributed by atoms with E-state index in [2.05, 4.69) is 9.97 Å². The molecule has 88 valence electrons. The topological polar surface area (TPSA) is 63.1 Å². The predicted octanol–water partition coefficient (Wildman–Crippen LogP) is 1.98. The van der Waals surface area contributed by atoms with Gasteiger partial charge >= 0.3 is 12.1 Å². The van der Waals surface area contributed by atoms with Crippen molar-refractivity contribution in [2.24, 2.45) is 0 Å². The largest absolute Gasteiger partial charge is 0.477 e. The first-order valence-corrected chi connectivity index (χ1v) is 4.42. The van der Waals surface area contributed by atoms with Crippen LogP contribution in [0.3, 0.4) is 0 Å². The number of hydrogen-bond acceptors (Lipinski definition) is 3. The molecule has 0 aliphatic heterocycles. The number of carboxylic acids is 1. The maximum atomic E-state index is 11.9. The number of alkyl halides is 3. The molecule has 0 bridgehead atoms. The van der Waals surface area contributed by atoms with Crippen molar-refractivity contribution < 1.29 is 23.1 Å². The summed E-state index contributed by atoms with van der Waals surface area (Å²) in [5, 5.41) is 8.71. The molecule has 16 heavy (non-hydrogen) atoms. The third-order valence-electron chi connectivity index (χ3n) is 1.86. The van der Waals surface area contributed by atoms with Gasteiger partial charge in [0.1, 0.15) is 5.82 Å². The number of halogens is 3. The smallest absolute Gasteiger partial charge is 0.389 e. The minimum Gasteiger partial charge on any atom is -0.477 e. The van der Waals surface area contributed by atoms with Gasteiger partial charge in [0.05, 0.1) is 6.42 Å². The first-order chi connectivity index (χ1) is 7.29. The summed E-state index contributed by atoms with van der Waals surface area (Å²) in [6.45, 7) is 1.48. The Morgan fingerprint density at radius 2 is 2.12 bits per heavy atom. The van der Waals surface area contributed by atoms with Crippen LogP contribution in [0.2, 0.25) is 0 Å². The first-order valence-electron chi connectivity index (χ1n) is 4.42. The highest BCUT2D eigenvalue weighted by Gasteiger charge is 2.27. The van der Waals surface area contributed by atoms with E-state index in [4.69, 9.17) is 5.11 Å². The fourth-order valence-electron chi connectivity index (χ4n) is 1.07. The predicted molar refractivity (Wildman–Crippen MR) is 48.1 cm³/mol. The number of carboxylic acid groups (broad SMARTS) is 1. The van der Waals surface area contributed by atoms with Crippen LogP contribution in [0, 0.1) is 6.92 Å². The Morgan fingerprint density at radius 3 is 2.62 bits per heavy atom. The van der Waals surface area contributed by atoms with Gasteiger partial charge in [0.15, 0.2) is 5.69 Å². The van der Waals surface area contributed by atoms with Gasteiger partial charge in [0, 0.05) is 18.2 Å². The van der Waals surface area contributed by atoms with Gasteiger partial charge < -0.3 is 5.11 Å². The normalized spacial score (nSPS) is 11.5. The molecule has 0 aliphatic rings. The van der Waals surface area contributed by atoms with Crippen LogP contribution in [-0.4, -0.2) is 27.2 Å².